The van der Waals surface area contributed by atoms with Crippen molar-refractivity contribution in [2.24, 2.45) is 5.73 Å². The van der Waals surface area contributed by atoms with Gasteiger partial charge < -0.3 is 10.5 Å². The fourth-order valence-corrected chi connectivity index (χ4v) is 2.49. The predicted octanol–water partition coefficient (Wildman–Crippen LogP) is 4.13. The van der Waals surface area contributed by atoms with Crippen LogP contribution in [0.1, 0.15) is 5.56 Å². The summed E-state index contributed by atoms with van der Waals surface area (Å²) in [4.78, 5) is 0. The smallest absolute Gasteiger partial charge is 0.126 e. The number of nitrogens with two attached hydrogens (primary N) is 1. The standard InChI is InChI=1S/C14H13Cl2NO/c1-18-13-5-3-2-4-9(13)10-6-7-12(15)11(8-17)14(10)16/h2-7H,8,17H2,1H3. The summed E-state index contributed by atoms with van der Waals surface area (Å²) in [5, 5.41) is 1.16. The van der Waals surface area contributed by atoms with Crippen LogP contribution in [-0.4, -0.2) is 7.11 Å². The molecule has 0 heterocycles. The molecule has 0 spiro atoms. The van der Waals surface area contributed by atoms with Gasteiger partial charge in [0.2, 0.25) is 0 Å². The third-order valence-electron chi connectivity index (χ3n) is 2.79. The van der Waals surface area contributed by atoms with Crippen molar-refractivity contribution in [3.8, 4) is 16.9 Å². The summed E-state index contributed by atoms with van der Waals surface area (Å²) in [7, 11) is 1.63. The summed E-state index contributed by atoms with van der Waals surface area (Å²) in [6, 6.07) is 11.4. The van der Waals surface area contributed by atoms with Crippen molar-refractivity contribution >= 4 is 23.2 Å². The van der Waals surface area contributed by atoms with Crippen LogP contribution in [0.15, 0.2) is 36.4 Å². The maximum absolute atomic E-state index is 6.36. The fraction of sp³-hybridized carbons (Fsp3) is 0.143. The normalized spacial score (nSPS) is 10.4. The van der Waals surface area contributed by atoms with Gasteiger partial charge in [0, 0.05) is 28.3 Å². The number of rotatable bonds is 3. The Hall–Kier alpha value is -1.22. The van der Waals surface area contributed by atoms with E-state index in [1.807, 2.05) is 30.3 Å². The Balaban J connectivity index is 2.65. The van der Waals surface area contributed by atoms with E-state index in [1.54, 1.807) is 13.2 Å². The average Bonchev–Trinajstić information content (AvgIpc) is 2.39. The maximum Gasteiger partial charge on any atom is 0.126 e. The minimum absolute atomic E-state index is 0.306. The van der Waals surface area contributed by atoms with Crippen LogP contribution < -0.4 is 10.5 Å². The molecular weight excluding hydrogens is 269 g/mol. The Morgan fingerprint density at radius 2 is 1.78 bits per heavy atom. The van der Waals surface area contributed by atoms with Crippen molar-refractivity contribution in [3.63, 3.8) is 0 Å². The van der Waals surface area contributed by atoms with E-state index in [0.717, 1.165) is 22.4 Å². The van der Waals surface area contributed by atoms with E-state index in [9.17, 15) is 0 Å². The molecule has 0 aliphatic rings. The summed E-state index contributed by atoms with van der Waals surface area (Å²) in [5.74, 6) is 0.768. The third kappa shape index (κ3) is 2.32. The lowest BCUT2D eigenvalue weighted by Gasteiger charge is -2.13. The second-order valence-corrected chi connectivity index (χ2v) is 4.58. The van der Waals surface area contributed by atoms with Gasteiger partial charge in [-0.15, -0.1) is 0 Å². The van der Waals surface area contributed by atoms with Gasteiger partial charge in [0.15, 0.2) is 0 Å². The summed E-state index contributed by atoms with van der Waals surface area (Å²) in [6.07, 6.45) is 0. The van der Waals surface area contributed by atoms with Crippen LogP contribution in [0.3, 0.4) is 0 Å². The van der Waals surface area contributed by atoms with E-state index in [2.05, 4.69) is 0 Å². The molecule has 0 saturated carbocycles. The van der Waals surface area contributed by atoms with E-state index in [-0.39, 0.29) is 0 Å². The van der Waals surface area contributed by atoms with Gasteiger partial charge >= 0.3 is 0 Å². The lowest BCUT2D eigenvalue weighted by molar-refractivity contribution is 0.416. The summed E-state index contributed by atoms with van der Waals surface area (Å²) in [6.45, 7) is 0.306. The molecule has 94 valence electrons. The number of benzene rings is 2. The summed E-state index contributed by atoms with van der Waals surface area (Å²) in [5.41, 5.74) is 8.22. The number of ether oxygens (including phenoxy) is 1. The molecule has 0 aliphatic carbocycles. The highest BCUT2D eigenvalue weighted by atomic mass is 35.5. The molecule has 4 heteroatoms. The summed E-state index contributed by atoms with van der Waals surface area (Å²) >= 11 is 12.4. The van der Waals surface area contributed by atoms with Crippen molar-refractivity contribution in [2.75, 3.05) is 7.11 Å². The molecule has 2 rings (SSSR count). The first-order valence-electron chi connectivity index (χ1n) is 5.49. The highest BCUT2D eigenvalue weighted by molar-refractivity contribution is 6.37. The quantitative estimate of drug-likeness (QED) is 0.918. The molecule has 0 atom stereocenters. The van der Waals surface area contributed by atoms with Gasteiger partial charge in [0.1, 0.15) is 5.75 Å². The molecule has 18 heavy (non-hydrogen) atoms. The van der Waals surface area contributed by atoms with Crippen molar-refractivity contribution in [3.05, 3.63) is 52.0 Å². The molecule has 0 saturated heterocycles. The first-order valence-corrected chi connectivity index (χ1v) is 6.25. The number of para-hydroxylation sites is 1. The van der Waals surface area contributed by atoms with Crippen LogP contribution in [0.25, 0.3) is 11.1 Å². The van der Waals surface area contributed by atoms with Crippen LogP contribution in [0.4, 0.5) is 0 Å². The lowest BCUT2D eigenvalue weighted by Crippen LogP contribution is -1.99. The van der Waals surface area contributed by atoms with E-state index < -0.39 is 0 Å². The lowest BCUT2D eigenvalue weighted by atomic mass is 10.0. The molecule has 0 aliphatic heterocycles. The van der Waals surface area contributed by atoms with Gasteiger partial charge in [-0.05, 0) is 12.1 Å². The monoisotopic (exact) mass is 281 g/mol. The topological polar surface area (TPSA) is 35.2 Å². The van der Waals surface area contributed by atoms with Gasteiger partial charge in [-0.1, -0.05) is 47.5 Å². The molecule has 2 N–H and O–H groups in total. The zero-order valence-electron chi connectivity index (χ0n) is 9.91. The zero-order valence-corrected chi connectivity index (χ0v) is 11.4. The zero-order chi connectivity index (χ0) is 13.1. The fourth-order valence-electron chi connectivity index (χ4n) is 1.86. The van der Waals surface area contributed by atoms with Crippen LogP contribution in [0, 0.1) is 0 Å². The van der Waals surface area contributed by atoms with Crippen LogP contribution in [0.5, 0.6) is 5.75 Å². The molecule has 0 radical (unpaired) electrons. The Bertz CT molecular complexity index is 570. The third-order valence-corrected chi connectivity index (χ3v) is 3.57. The molecular formula is C14H13Cl2NO. The second-order valence-electron chi connectivity index (χ2n) is 3.79. The molecule has 0 fully saturated rings. The van der Waals surface area contributed by atoms with E-state index in [0.29, 0.717) is 16.6 Å². The number of hydrogen-bond acceptors (Lipinski definition) is 2. The number of methoxy groups -OCH3 is 1. The Morgan fingerprint density at radius 1 is 1.06 bits per heavy atom. The summed E-state index contributed by atoms with van der Waals surface area (Å²) < 4.78 is 5.34. The SMILES string of the molecule is COc1ccccc1-c1ccc(Cl)c(CN)c1Cl. The Kier molecular flexibility index (Phi) is 4.12. The highest BCUT2D eigenvalue weighted by Crippen LogP contribution is 2.38. The molecule has 0 amide bonds. The van der Waals surface area contributed by atoms with Crippen LogP contribution >= 0.6 is 23.2 Å². The molecule has 0 unspecified atom stereocenters. The first-order chi connectivity index (χ1) is 8.69. The molecule has 0 aromatic heterocycles. The maximum atomic E-state index is 6.36. The van der Waals surface area contributed by atoms with Gasteiger partial charge in [0.05, 0.1) is 12.1 Å². The van der Waals surface area contributed by atoms with Crippen molar-refractivity contribution in [2.45, 2.75) is 6.54 Å². The molecule has 2 aromatic rings. The number of hydrogen-bond donors (Lipinski definition) is 1. The van der Waals surface area contributed by atoms with Gasteiger partial charge in [0.25, 0.3) is 0 Å². The first kappa shape index (κ1) is 13.2. The van der Waals surface area contributed by atoms with E-state index >= 15 is 0 Å². The Labute approximate surface area is 116 Å². The van der Waals surface area contributed by atoms with Gasteiger partial charge in [-0.3, -0.25) is 0 Å². The largest absolute Gasteiger partial charge is 0.496 e. The average molecular weight is 282 g/mol. The van der Waals surface area contributed by atoms with Crippen molar-refractivity contribution < 1.29 is 4.74 Å². The molecule has 0 bridgehead atoms. The predicted molar refractivity (Wildman–Crippen MR) is 76.3 cm³/mol. The van der Waals surface area contributed by atoms with Crippen molar-refractivity contribution in [1.82, 2.24) is 0 Å². The Morgan fingerprint density at radius 3 is 2.44 bits per heavy atom. The second kappa shape index (κ2) is 5.61. The minimum atomic E-state index is 0.306. The van der Waals surface area contributed by atoms with E-state index in [4.69, 9.17) is 33.7 Å². The van der Waals surface area contributed by atoms with Gasteiger partial charge in [-0.25, -0.2) is 0 Å². The highest BCUT2D eigenvalue weighted by Gasteiger charge is 2.13. The van der Waals surface area contributed by atoms with Crippen LogP contribution in [-0.2, 0) is 6.54 Å². The van der Waals surface area contributed by atoms with Gasteiger partial charge in [-0.2, -0.15) is 0 Å². The molecule has 2 aromatic carbocycles. The van der Waals surface area contributed by atoms with Crippen molar-refractivity contribution in [1.29, 1.82) is 0 Å². The van der Waals surface area contributed by atoms with Crippen LogP contribution in [0.2, 0.25) is 10.0 Å². The number of halogens is 2. The minimum Gasteiger partial charge on any atom is -0.496 e. The van der Waals surface area contributed by atoms with E-state index in [1.165, 1.54) is 0 Å². The molecule has 2 nitrogen and oxygen atoms in total.